The molecule has 1 heterocycles. The van der Waals surface area contributed by atoms with Crippen molar-refractivity contribution in [3.8, 4) is 0 Å². The van der Waals surface area contributed by atoms with E-state index >= 15 is 0 Å². The molecule has 1 unspecified atom stereocenters. The van der Waals surface area contributed by atoms with E-state index in [1.807, 2.05) is 7.05 Å². The number of hydrogen-bond acceptors (Lipinski definition) is 2. The van der Waals surface area contributed by atoms with Gasteiger partial charge in [0, 0.05) is 24.2 Å². The zero-order valence-corrected chi connectivity index (χ0v) is 11.6. The van der Waals surface area contributed by atoms with E-state index in [1.165, 1.54) is 0 Å². The Balaban J connectivity index is 2.01. The molecular weight excluding hydrogens is 273 g/mol. The third kappa shape index (κ3) is 3.07. The number of amides is 2. The monoisotopic (exact) mass is 287 g/mol. The highest BCUT2D eigenvalue weighted by atomic mass is 35.5. The molecular formula is C12H15Cl2N3O. The van der Waals surface area contributed by atoms with E-state index in [2.05, 4.69) is 10.6 Å². The van der Waals surface area contributed by atoms with Crippen LogP contribution in [0.5, 0.6) is 0 Å². The predicted octanol–water partition coefficient (Wildman–Crippen LogP) is 2.82. The fraction of sp³-hybridized carbons (Fsp3) is 0.417. The van der Waals surface area contributed by atoms with Crippen molar-refractivity contribution in [2.75, 3.05) is 25.5 Å². The van der Waals surface area contributed by atoms with Crippen molar-refractivity contribution < 1.29 is 4.79 Å². The normalized spacial score (nSPS) is 19.1. The Hall–Kier alpha value is -0.970. The molecule has 2 N–H and O–H groups in total. The van der Waals surface area contributed by atoms with Gasteiger partial charge in [-0.3, -0.25) is 0 Å². The quantitative estimate of drug-likeness (QED) is 0.879. The topological polar surface area (TPSA) is 44.4 Å². The molecule has 1 aromatic carbocycles. The Morgan fingerprint density at radius 3 is 2.89 bits per heavy atom. The molecule has 1 saturated heterocycles. The summed E-state index contributed by atoms with van der Waals surface area (Å²) in [6, 6.07) is 5.22. The van der Waals surface area contributed by atoms with Gasteiger partial charge in [-0.15, -0.1) is 0 Å². The summed E-state index contributed by atoms with van der Waals surface area (Å²) in [6.07, 6.45) is 0.965. The first kappa shape index (κ1) is 13.5. The van der Waals surface area contributed by atoms with Crippen molar-refractivity contribution in [3.05, 3.63) is 28.2 Å². The molecule has 1 aliphatic rings. The Morgan fingerprint density at radius 1 is 1.44 bits per heavy atom. The highest BCUT2D eigenvalue weighted by Gasteiger charge is 2.25. The number of halogens is 2. The average Bonchev–Trinajstić information content (AvgIpc) is 2.82. The Morgan fingerprint density at radius 2 is 2.22 bits per heavy atom. The maximum atomic E-state index is 12.0. The van der Waals surface area contributed by atoms with Gasteiger partial charge < -0.3 is 15.5 Å². The van der Waals surface area contributed by atoms with Crippen LogP contribution in [0, 0.1) is 0 Å². The van der Waals surface area contributed by atoms with Crippen LogP contribution in [-0.4, -0.2) is 37.1 Å². The summed E-state index contributed by atoms with van der Waals surface area (Å²) in [7, 11) is 1.90. The second-order valence-corrected chi connectivity index (χ2v) is 5.12. The first-order chi connectivity index (χ1) is 8.60. The van der Waals surface area contributed by atoms with Crippen molar-refractivity contribution >= 4 is 34.9 Å². The number of carbonyl (C=O) groups excluding carboxylic acids is 1. The number of nitrogens with one attached hydrogen (secondary N) is 2. The van der Waals surface area contributed by atoms with Gasteiger partial charge in [0.2, 0.25) is 0 Å². The molecule has 6 heteroatoms. The second-order valence-electron chi connectivity index (χ2n) is 4.27. The largest absolute Gasteiger partial charge is 0.323 e. The van der Waals surface area contributed by atoms with Gasteiger partial charge in [0.05, 0.1) is 10.7 Å². The van der Waals surface area contributed by atoms with Crippen LogP contribution in [0.15, 0.2) is 18.2 Å². The van der Waals surface area contributed by atoms with Gasteiger partial charge in [0.1, 0.15) is 0 Å². The first-order valence-electron chi connectivity index (χ1n) is 5.78. The lowest BCUT2D eigenvalue weighted by molar-refractivity contribution is 0.221. The van der Waals surface area contributed by atoms with Gasteiger partial charge in [0.25, 0.3) is 0 Å². The molecule has 1 atom stereocenters. The third-order valence-electron chi connectivity index (χ3n) is 3.05. The first-order valence-corrected chi connectivity index (χ1v) is 6.54. The summed E-state index contributed by atoms with van der Waals surface area (Å²) in [5, 5.41) is 6.97. The van der Waals surface area contributed by atoms with Crippen molar-refractivity contribution in [3.63, 3.8) is 0 Å². The molecule has 0 bridgehead atoms. The molecule has 1 aromatic rings. The number of likely N-dealkylation sites (N-methyl/N-ethyl adjacent to an activating group) is 1. The number of urea groups is 1. The van der Waals surface area contributed by atoms with Crippen LogP contribution in [0.3, 0.4) is 0 Å². The van der Waals surface area contributed by atoms with Gasteiger partial charge in [-0.2, -0.15) is 0 Å². The molecule has 98 valence electrons. The fourth-order valence-corrected chi connectivity index (χ4v) is 2.30. The van der Waals surface area contributed by atoms with Crippen LogP contribution >= 0.6 is 23.2 Å². The second kappa shape index (κ2) is 5.78. The Bertz CT molecular complexity index is 453. The number of likely N-dealkylation sites (tertiary alicyclic amines) is 1. The maximum absolute atomic E-state index is 12.0. The van der Waals surface area contributed by atoms with Gasteiger partial charge >= 0.3 is 6.03 Å². The third-order valence-corrected chi connectivity index (χ3v) is 3.62. The van der Waals surface area contributed by atoms with Crippen molar-refractivity contribution in [1.29, 1.82) is 0 Å². The summed E-state index contributed by atoms with van der Waals surface area (Å²) < 4.78 is 0. The van der Waals surface area contributed by atoms with E-state index in [-0.39, 0.29) is 6.03 Å². The van der Waals surface area contributed by atoms with Crippen LogP contribution in [0.2, 0.25) is 10.0 Å². The molecule has 2 rings (SSSR count). The minimum absolute atomic E-state index is 0.142. The minimum Gasteiger partial charge on any atom is -0.323 e. The van der Waals surface area contributed by atoms with Gasteiger partial charge in [-0.25, -0.2) is 4.79 Å². The standard InChI is InChI=1S/C12H15Cl2N3O/c1-15-9-4-5-17(7-9)12(18)16-11-6-8(13)2-3-10(11)14/h2-3,6,9,15H,4-5,7H2,1H3,(H,16,18). The van der Waals surface area contributed by atoms with Crippen molar-refractivity contribution in [2.45, 2.75) is 12.5 Å². The van der Waals surface area contributed by atoms with Crippen LogP contribution in [0.4, 0.5) is 10.5 Å². The van der Waals surface area contributed by atoms with Gasteiger partial charge in [-0.1, -0.05) is 23.2 Å². The van der Waals surface area contributed by atoms with Crippen molar-refractivity contribution in [2.24, 2.45) is 0 Å². The average molecular weight is 288 g/mol. The zero-order valence-electron chi connectivity index (χ0n) is 10.0. The summed E-state index contributed by atoms with van der Waals surface area (Å²) in [6.45, 7) is 1.45. The molecule has 2 amide bonds. The molecule has 0 aliphatic carbocycles. The number of rotatable bonds is 2. The van der Waals surface area contributed by atoms with Crippen molar-refractivity contribution in [1.82, 2.24) is 10.2 Å². The smallest absolute Gasteiger partial charge is 0.321 e. The van der Waals surface area contributed by atoms with E-state index < -0.39 is 0 Å². The van der Waals surface area contributed by atoms with E-state index in [0.717, 1.165) is 13.0 Å². The van der Waals surface area contributed by atoms with Crippen LogP contribution in [0.1, 0.15) is 6.42 Å². The lowest BCUT2D eigenvalue weighted by Gasteiger charge is -2.18. The van der Waals surface area contributed by atoms with Crippen LogP contribution < -0.4 is 10.6 Å². The fourth-order valence-electron chi connectivity index (χ4n) is 1.97. The minimum atomic E-state index is -0.142. The van der Waals surface area contributed by atoms with Gasteiger partial charge in [0.15, 0.2) is 0 Å². The molecule has 0 radical (unpaired) electrons. The van der Waals surface area contributed by atoms with E-state index in [9.17, 15) is 4.79 Å². The molecule has 0 spiro atoms. The summed E-state index contributed by atoms with van der Waals surface area (Å²) >= 11 is 11.9. The van der Waals surface area contributed by atoms with Crippen LogP contribution in [-0.2, 0) is 0 Å². The van der Waals surface area contributed by atoms with E-state index in [4.69, 9.17) is 23.2 Å². The summed E-state index contributed by atoms with van der Waals surface area (Å²) in [5.41, 5.74) is 0.544. The summed E-state index contributed by atoms with van der Waals surface area (Å²) in [4.78, 5) is 13.8. The maximum Gasteiger partial charge on any atom is 0.321 e. The molecule has 1 aliphatic heterocycles. The van der Waals surface area contributed by atoms with E-state index in [0.29, 0.717) is 28.3 Å². The molecule has 4 nitrogen and oxygen atoms in total. The SMILES string of the molecule is CNC1CCN(C(=O)Nc2cc(Cl)ccc2Cl)C1. The van der Waals surface area contributed by atoms with E-state index in [1.54, 1.807) is 23.1 Å². The predicted molar refractivity (Wildman–Crippen MR) is 74.5 cm³/mol. The Kier molecular flexibility index (Phi) is 4.32. The Labute approximate surface area is 116 Å². The molecule has 0 saturated carbocycles. The molecule has 18 heavy (non-hydrogen) atoms. The molecule has 0 aromatic heterocycles. The van der Waals surface area contributed by atoms with Crippen LogP contribution in [0.25, 0.3) is 0 Å². The highest BCUT2D eigenvalue weighted by molar-refractivity contribution is 6.35. The number of nitrogens with zero attached hydrogens (tertiary/aromatic N) is 1. The van der Waals surface area contributed by atoms with Gasteiger partial charge in [-0.05, 0) is 31.7 Å². The lowest BCUT2D eigenvalue weighted by Crippen LogP contribution is -2.36. The number of benzene rings is 1. The number of hydrogen-bond donors (Lipinski definition) is 2. The number of anilines is 1. The summed E-state index contributed by atoms with van der Waals surface area (Å²) in [5.74, 6) is 0. The zero-order chi connectivity index (χ0) is 13.1. The lowest BCUT2D eigenvalue weighted by atomic mass is 10.3. The number of carbonyl (C=O) groups is 1. The highest BCUT2D eigenvalue weighted by Crippen LogP contribution is 2.26. The molecule has 1 fully saturated rings.